The Morgan fingerprint density at radius 2 is 2.11 bits per heavy atom. The van der Waals surface area contributed by atoms with E-state index in [9.17, 15) is 4.79 Å². The Hall–Kier alpha value is -1.92. The lowest BCUT2D eigenvalue weighted by atomic mass is 9.95. The van der Waals surface area contributed by atoms with Crippen molar-refractivity contribution in [3.8, 4) is 0 Å². The molecule has 1 atom stereocenters. The second-order valence-corrected chi connectivity index (χ2v) is 8.00. The minimum atomic E-state index is 0.0484. The van der Waals surface area contributed by atoms with Crippen LogP contribution in [0.4, 0.5) is 5.82 Å². The molecule has 0 spiro atoms. The van der Waals surface area contributed by atoms with E-state index in [-0.39, 0.29) is 11.8 Å². The molecule has 0 radical (unpaired) electrons. The normalized spacial score (nSPS) is 21.0. The lowest BCUT2D eigenvalue weighted by molar-refractivity contribution is -0.134. The van der Waals surface area contributed by atoms with Crippen molar-refractivity contribution >= 4 is 34.2 Å². The van der Waals surface area contributed by atoms with Gasteiger partial charge in [-0.25, -0.2) is 9.97 Å². The Labute approximate surface area is 164 Å². The van der Waals surface area contributed by atoms with Crippen LogP contribution in [0.25, 0.3) is 10.9 Å². The number of rotatable bonds is 4. The van der Waals surface area contributed by atoms with E-state index in [1.807, 2.05) is 30.1 Å². The molecule has 2 aromatic rings. The van der Waals surface area contributed by atoms with Gasteiger partial charge in [0.1, 0.15) is 12.1 Å². The van der Waals surface area contributed by atoms with Crippen molar-refractivity contribution in [1.29, 1.82) is 0 Å². The van der Waals surface area contributed by atoms with E-state index in [1.165, 1.54) is 0 Å². The molecule has 0 N–H and O–H groups in total. The van der Waals surface area contributed by atoms with E-state index in [0.717, 1.165) is 55.6 Å². The summed E-state index contributed by atoms with van der Waals surface area (Å²) in [7, 11) is 1.92. The maximum absolute atomic E-state index is 12.5. The Morgan fingerprint density at radius 1 is 1.30 bits per heavy atom. The van der Waals surface area contributed by atoms with Crippen molar-refractivity contribution in [3.63, 3.8) is 0 Å². The SMILES string of the molecule is CN(CC1CCN(c2ncnc3ccc(Cl)cc23)CC1)C(=O)C1CCOC1. The first-order valence-corrected chi connectivity index (χ1v) is 9.97. The molecule has 1 unspecified atom stereocenters. The van der Waals surface area contributed by atoms with E-state index < -0.39 is 0 Å². The Morgan fingerprint density at radius 3 is 2.85 bits per heavy atom. The highest BCUT2D eigenvalue weighted by molar-refractivity contribution is 6.31. The molecule has 0 saturated carbocycles. The van der Waals surface area contributed by atoms with Crippen molar-refractivity contribution in [3.05, 3.63) is 29.5 Å². The van der Waals surface area contributed by atoms with E-state index in [1.54, 1.807) is 6.33 Å². The number of amides is 1. The standard InChI is InChI=1S/C20H25ClN4O2/c1-24(20(26)15-6-9-27-12-15)11-14-4-7-25(8-5-14)19-17-10-16(21)2-3-18(17)22-13-23-19/h2-3,10,13-15H,4-9,11-12H2,1H3. The first kappa shape index (κ1) is 18.4. The van der Waals surface area contributed by atoms with Gasteiger partial charge in [-0.3, -0.25) is 4.79 Å². The number of halogens is 1. The van der Waals surface area contributed by atoms with E-state index in [2.05, 4.69) is 14.9 Å². The van der Waals surface area contributed by atoms with Gasteiger partial charge in [0, 0.05) is 43.7 Å². The van der Waals surface area contributed by atoms with Gasteiger partial charge in [-0.15, -0.1) is 0 Å². The predicted molar refractivity (Wildman–Crippen MR) is 106 cm³/mol. The highest BCUT2D eigenvalue weighted by atomic mass is 35.5. The molecule has 2 fully saturated rings. The zero-order valence-corrected chi connectivity index (χ0v) is 16.4. The van der Waals surface area contributed by atoms with Crippen LogP contribution < -0.4 is 4.90 Å². The third-order valence-corrected chi connectivity index (χ3v) is 5.91. The maximum atomic E-state index is 12.5. The number of hydrogen-bond acceptors (Lipinski definition) is 5. The molecule has 27 heavy (non-hydrogen) atoms. The Kier molecular flexibility index (Phi) is 5.45. The number of ether oxygens (including phenoxy) is 1. The van der Waals surface area contributed by atoms with Gasteiger partial charge >= 0.3 is 0 Å². The van der Waals surface area contributed by atoms with Gasteiger partial charge in [0.05, 0.1) is 18.0 Å². The number of benzene rings is 1. The van der Waals surface area contributed by atoms with Crippen LogP contribution in [0, 0.1) is 11.8 Å². The molecular weight excluding hydrogens is 364 g/mol. The lowest BCUT2D eigenvalue weighted by Crippen LogP contribution is -2.41. The zero-order valence-electron chi connectivity index (χ0n) is 15.6. The molecule has 1 aromatic heterocycles. The summed E-state index contributed by atoms with van der Waals surface area (Å²) >= 11 is 6.17. The summed E-state index contributed by atoms with van der Waals surface area (Å²) in [6.07, 6.45) is 4.56. The van der Waals surface area contributed by atoms with Gasteiger partial charge in [-0.1, -0.05) is 11.6 Å². The van der Waals surface area contributed by atoms with Crippen molar-refractivity contribution in [1.82, 2.24) is 14.9 Å². The van der Waals surface area contributed by atoms with Crippen molar-refractivity contribution in [2.24, 2.45) is 11.8 Å². The molecule has 7 heteroatoms. The van der Waals surface area contributed by atoms with E-state index >= 15 is 0 Å². The van der Waals surface area contributed by atoms with Crippen molar-refractivity contribution in [2.75, 3.05) is 44.8 Å². The fourth-order valence-corrected chi connectivity index (χ4v) is 4.28. The average Bonchev–Trinajstić information content (AvgIpc) is 3.22. The van der Waals surface area contributed by atoms with Crippen LogP contribution in [0.3, 0.4) is 0 Å². The summed E-state index contributed by atoms with van der Waals surface area (Å²) < 4.78 is 5.35. The average molecular weight is 389 g/mol. The van der Waals surface area contributed by atoms with E-state index in [4.69, 9.17) is 16.3 Å². The molecule has 2 aliphatic rings. The van der Waals surface area contributed by atoms with Gasteiger partial charge in [0.2, 0.25) is 5.91 Å². The molecule has 3 heterocycles. The number of anilines is 1. The number of hydrogen-bond donors (Lipinski definition) is 0. The van der Waals surface area contributed by atoms with Crippen molar-refractivity contribution in [2.45, 2.75) is 19.3 Å². The highest BCUT2D eigenvalue weighted by Crippen LogP contribution is 2.29. The van der Waals surface area contributed by atoms with Crippen LogP contribution in [-0.4, -0.2) is 60.7 Å². The molecule has 1 amide bonds. The first-order chi connectivity index (χ1) is 13.1. The highest BCUT2D eigenvalue weighted by Gasteiger charge is 2.29. The quantitative estimate of drug-likeness (QED) is 0.805. The van der Waals surface area contributed by atoms with Gasteiger partial charge in [0.25, 0.3) is 0 Å². The number of carbonyl (C=O) groups excluding carboxylic acids is 1. The number of piperidine rings is 1. The molecule has 4 rings (SSSR count). The summed E-state index contributed by atoms with van der Waals surface area (Å²) in [5.74, 6) is 1.75. The van der Waals surface area contributed by atoms with Gasteiger partial charge in [-0.2, -0.15) is 0 Å². The number of aromatic nitrogens is 2. The number of fused-ring (bicyclic) bond motifs is 1. The van der Waals surface area contributed by atoms with Crippen LogP contribution in [0.5, 0.6) is 0 Å². The summed E-state index contributed by atoms with van der Waals surface area (Å²) in [5.41, 5.74) is 0.913. The largest absolute Gasteiger partial charge is 0.381 e. The zero-order chi connectivity index (χ0) is 18.8. The summed E-state index contributed by atoms with van der Waals surface area (Å²) in [5, 5.41) is 1.70. The third kappa shape index (κ3) is 4.01. The Bertz CT molecular complexity index is 817. The second-order valence-electron chi connectivity index (χ2n) is 7.57. The monoisotopic (exact) mass is 388 g/mol. The van der Waals surface area contributed by atoms with Gasteiger partial charge in [-0.05, 0) is 43.4 Å². The minimum absolute atomic E-state index is 0.0484. The Balaban J connectivity index is 1.38. The fourth-order valence-electron chi connectivity index (χ4n) is 4.11. The smallest absolute Gasteiger partial charge is 0.227 e. The molecule has 1 aromatic carbocycles. The van der Waals surface area contributed by atoms with Crippen LogP contribution >= 0.6 is 11.6 Å². The van der Waals surface area contributed by atoms with Crippen LogP contribution in [0.2, 0.25) is 5.02 Å². The number of carbonyl (C=O) groups is 1. The summed E-state index contributed by atoms with van der Waals surface area (Å²) in [6.45, 7) is 3.96. The van der Waals surface area contributed by atoms with Gasteiger partial charge < -0.3 is 14.5 Å². The third-order valence-electron chi connectivity index (χ3n) is 5.68. The molecule has 6 nitrogen and oxygen atoms in total. The summed E-state index contributed by atoms with van der Waals surface area (Å²) in [4.78, 5) is 25.6. The fraction of sp³-hybridized carbons (Fsp3) is 0.550. The second kappa shape index (κ2) is 7.98. The maximum Gasteiger partial charge on any atom is 0.227 e. The number of nitrogens with zero attached hydrogens (tertiary/aromatic N) is 4. The molecule has 2 aliphatic heterocycles. The molecular formula is C20H25ClN4O2. The molecule has 144 valence electrons. The van der Waals surface area contributed by atoms with Gasteiger partial charge in [0.15, 0.2) is 0 Å². The van der Waals surface area contributed by atoms with Crippen molar-refractivity contribution < 1.29 is 9.53 Å². The van der Waals surface area contributed by atoms with Crippen LogP contribution in [-0.2, 0) is 9.53 Å². The van der Waals surface area contributed by atoms with Crippen LogP contribution in [0.1, 0.15) is 19.3 Å². The first-order valence-electron chi connectivity index (χ1n) is 9.60. The van der Waals surface area contributed by atoms with E-state index in [0.29, 0.717) is 24.2 Å². The predicted octanol–water partition coefficient (Wildman–Crippen LogP) is 2.99. The lowest BCUT2D eigenvalue weighted by Gasteiger charge is -2.35. The topological polar surface area (TPSA) is 58.6 Å². The summed E-state index contributed by atoms with van der Waals surface area (Å²) in [6, 6.07) is 5.73. The minimum Gasteiger partial charge on any atom is -0.381 e. The molecule has 2 saturated heterocycles. The molecule has 0 bridgehead atoms. The van der Waals surface area contributed by atoms with Crippen LogP contribution in [0.15, 0.2) is 24.5 Å². The molecule has 0 aliphatic carbocycles.